The van der Waals surface area contributed by atoms with Crippen LogP contribution < -0.4 is 5.32 Å². The van der Waals surface area contributed by atoms with E-state index in [1.165, 1.54) is 0 Å². The fourth-order valence-corrected chi connectivity index (χ4v) is 2.20. The van der Waals surface area contributed by atoms with E-state index >= 15 is 0 Å². The van der Waals surface area contributed by atoms with Crippen molar-refractivity contribution >= 4 is 5.91 Å². The number of nitrogens with one attached hydrogen (secondary N) is 1. The summed E-state index contributed by atoms with van der Waals surface area (Å²) in [6.07, 6.45) is 3.20. The number of hydrogen-bond acceptors (Lipinski definition) is 2. The maximum Gasteiger partial charge on any atom is 0.239 e. The molecule has 3 nitrogen and oxygen atoms in total. The highest BCUT2D eigenvalue weighted by atomic mass is 16.2. The Morgan fingerprint density at radius 1 is 1.47 bits per heavy atom. The first-order valence-electron chi connectivity index (χ1n) is 6.02. The molecule has 1 heterocycles. The summed E-state index contributed by atoms with van der Waals surface area (Å²) in [5.41, 5.74) is 0. The molecule has 0 aromatic rings. The molecule has 15 heavy (non-hydrogen) atoms. The number of carbonyl (C=O) groups is 1. The number of nitrogens with zero attached hydrogens (tertiary/aromatic N) is 1. The van der Waals surface area contributed by atoms with Gasteiger partial charge < -0.3 is 10.2 Å². The average molecular weight is 212 g/mol. The second-order valence-electron chi connectivity index (χ2n) is 5.08. The van der Waals surface area contributed by atoms with Gasteiger partial charge in [-0.25, -0.2) is 0 Å². The molecule has 1 rings (SSSR count). The lowest BCUT2D eigenvalue weighted by molar-refractivity contribution is -0.133. The average Bonchev–Trinajstić information content (AvgIpc) is 2.67. The third-order valence-corrected chi connectivity index (χ3v) is 3.18. The van der Waals surface area contributed by atoms with Gasteiger partial charge in [0.05, 0.1) is 6.04 Å². The quantitative estimate of drug-likeness (QED) is 0.768. The molecule has 0 aliphatic carbocycles. The zero-order chi connectivity index (χ0) is 11.4. The van der Waals surface area contributed by atoms with Crippen molar-refractivity contribution in [1.29, 1.82) is 0 Å². The summed E-state index contributed by atoms with van der Waals surface area (Å²) in [7, 11) is 1.93. The molecular formula is C12H24N2O. The molecule has 1 aliphatic heterocycles. The summed E-state index contributed by atoms with van der Waals surface area (Å²) < 4.78 is 0. The number of amides is 1. The van der Waals surface area contributed by atoms with Crippen LogP contribution in [-0.2, 0) is 4.79 Å². The molecule has 88 valence electrons. The van der Waals surface area contributed by atoms with Gasteiger partial charge in [-0.2, -0.15) is 0 Å². The normalized spacial score (nSPS) is 23.1. The van der Waals surface area contributed by atoms with Crippen LogP contribution in [0.5, 0.6) is 0 Å². The molecule has 1 N–H and O–H groups in total. The highest BCUT2D eigenvalue weighted by Crippen LogP contribution is 2.13. The van der Waals surface area contributed by atoms with E-state index in [9.17, 15) is 4.79 Å². The van der Waals surface area contributed by atoms with Crippen molar-refractivity contribution in [2.24, 2.45) is 5.92 Å². The van der Waals surface area contributed by atoms with E-state index in [0.717, 1.165) is 25.8 Å². The molecule has 0 saturated carbocycles. The van der Waals surface area contributed by atoms with Gasteiger partial charge in [0.15, 0.2) is 0 Å². The fourth-order valence-electron chi connectivity index (χ4n) is 2.20. The monoisotopic (exact) mass is 212 g/mol. The van der Waals surface area contributed by atoms with E-state index in [2.05, 4.69) is 26.1 Å². The molecule has 1 aliphatic rings. The smallest absolute Gasteiger partial charge is 0.239 e. The lowest BCUT2D eigenvalue weighted by atomic mass is 10.0. The third-order valence-electron chi connectivity index (χ3n) is 3.18. The van der Waals surface area contributed by atoms with Crippen molar-refractivity contribution in [3.63, 3.8) is 0 Å². The largest absolute Gasteiger partial charge is 0.342 e. The minimum Gasteiger partial charge on any atom is -0.342 e. The molecule has 0 radical (unpaired) electrons. The highest BCUT2D eigenvalue weighted by molar-refractivity contribution is 5.82. The van der Waals surface area contributed by atoms with Gasteiger partial charge in [0.2, 0.25) is 5.91 Å². The Hall–Kier alpha value is -0.570. The summed E-state index contributed by atoms with van der Waals surface area (Å²) in [5.74, 6) is 0.910. The van der Waals surface area contributed by atoms with Gasteiger partial charge in [-0.05, 0) is 38.6 Å². The van der Waals surface area contributed by atoms with Crippen LogP contribution in [0.3, 0.4) is 0 Å². The Kier molecular flexibility index (Phi) is 4.58. The van der Waals surface area contributed by atoms with Gasteiger partial charge in [-0.15, -0.1) is 0 Å². The van der Waals surface area contributed by atoms with E-state index in [0.29, 0.717) is 12.0 Å². The first kappa shape index (κ1) is 12.5. The Balaban J connectivity index is 2.43. The van der Waals surface area contributed by atoms with Gasteiger partial charge in [0, 0.05) is 13.1 Å². The fraction of sp³-hybridized carbons (Fsp3) is 0.917. The summed E-state index contributed by atoms with van der Waals surface area (Å²) in [6.45, 7) is 7.51. The van der Waals surface area contributed by atoms with Crippen molar-refractivity contribution in [3.05, 3.63) is 0 Å². The molecule has 0 spiro atoms. The Bertz CT molecular complexity index is 210. The number of likely N-dealkylation sites (N-methyl/N-ethyl adjacent to an activating group) is 1. The maximum absolute atomic E-state index is 12.0. The number of carbonyl (C=O) groups excluding carboxylic acids is 1. The Morgan fingerprint density at radius 3 is 2.60 bits per heavy atom. The van der Waals surface area contributed by atoms with Crippen LogP contribution in [0.1, 0.15) is 40.0 Å². The summed E-state index contributed by atoms with van der Waals surface area (Å²) in [5, 5.41) is 3.25. The van der Waals surface area contributed by atoms with Crippen LogP contribution in [0.2, 0.25) is 0 Å². The molecule has 1 amide bonds. The second-order valence-corrected chi connectivity index (χ2v) is 5.08. The molecule has 0 aromatic carbocycles. The van der Waals surface area contributed by atoms with Crippen molar-refractivity contribution in [1.82, 2.24) is 10.2 Å². The molecule has 1 unspecified atom stereocenters. The van der Waals surface area contributed by atoms with Gasteiger partial charge in [0.1, 0.15) is 0 Å². The predicted molar refractivity (Wildman–Crippen MR) is 62.7 cm³/mol. The summed E-state index contributed by atoms with van der Waals surface area (Å²) in [4.78, 5) is 13.9. The molecule has 2 atom stereocenters. The lowest BCUT2D eigenvalue weighted by Gasteiger charge is -2.28. The molecule has 0 bridgehead atoms. The van der Waals surface area contributed by atoms with E-state index in [-0.39, 0.29) is 11.9 Å². The molecule has 1 fully saturated rings. The highest BCUT2D eigenvalue weighted by Gasteiger charge is 2.27. The van der Waals surface area contributed by atoms with Crippen molar-refractivity contribution < 1.29 is 4.79 Å². The van der Waals surface area contributed by atoms with Gasteiger partial charge in [-0.3, -0.25) is 4.79 Å². The lowest BCUT2D eigenvalue weighted by Crippen LogP contribution is -2.45. The van der Waals surface area contributed by atoms with E-state index in [1.807, 2.05) is 11.9 Å². The first-order chi connectivity index (χ1) is 7.02. The van der Waals surface area contributed by atoms with Crippen LogP contribution in [0, 0.1) is 5.92 Å². The van der Waals surface area contributed by atoms with Crippen LogP contribution in [0.4, 0.5) is 0 Å². The number of rotatable bonds is 4. The van der Waals surface area contributed by atoms with E-state index < -0.39 is 0 Å². The van der Waals surface area contributed by atoms with Gasteiger partial charge in [-0.1, -0.05) is 13.8 Å². The van der Waals surface area contributed by atoms with Crippen LogP contribution in [0.15, 0.2) is 0 Å². The van der Waals surface area contributed by atoms with Crippen molar-refractivity contribution in [3.8, 4) is 0 Å². The van der Waals surface area contributed by atoms with Crippen LogP contribution in [0.25, 0.3) is 0 Å². The zero-order valence-electron chi connectivity index (χ0n) is 10.4. The van der Waals surface area contributed by atoms with Crippen LogP contribution in [-0.4, -0.2) is 36.5 Å². The third kappa shape index (κ3) is 3.49. The van der Waals surface area contributed by atoms with E-state index in [1.54, 1.807) is 0 Å². The zero-order valence-corrected chi connectivity index (χ0v) is 10.4. The second kappa shape index (κ2) is 5.50. The minimum atomic E-state index is 0.0737. The van der Waals surface area contributed by atoms with Crippen molar-refractivity contribution in [2.75, 3.05) is 13.6 Å². The molecule has 0 aromatic heterocycles. The van der Waals surface area contributed by atoms with Gasteiger partial charge in [0.25, 0.3) is 0 Å². The van der Waals surface area contributed by atoms with E-state index in [4.69, 9.17) is 0 Å². The SMILES string of the molecule is CC(C)CC(C)N(C)C(=O)[C@@H]1CCCN1. The summed E-state index contributed by atoms with van der Waals surface area (Å²) in [6, 6.07) is 0.421. The maximum atomic E-state index is 12.0. The predicted octanol–water partition coefficient (Wildman–Crippen LogP) is 1.63. The molecule has 3 heteroatoms. The van der Waals surface area contributed by atoms with Crippen LogP contribution >= 0.6 is 0 Å². The summed E-state index contributed by atoms with van der Waals surface area (Å²) >= 11 is 0. The molecular weight excluding hydrogens is 188 g/mol. The topological polar surface area (TPSA) is 32.3 Å². The van der Waals surface area contributed by atoms with Crippen molar-refractivity contribution in [2.45, 2.75) is 52.1 Å². The minimum absolute atomic E-state index is 0.0737. The van der Waals surface area contributed by atoms with Gasteiger partial charge >= 0.3 is 0 Å². The Morgan fingerprint density at radius 2 is 2.13 bits per heavy atom. The molecule has 1 saturated heterocycles. The first-order valence-corrected chi connectivity index (χ1v) is 6.02. The Labute approximate surface area is 93.2 Å². The standard InChI is InChI=1S/C12H24N2O/c1-9(2)8-10(3)14(4)12(15)11-6-5-7-13-11/h9-11,13H,5-8H2,1-4H3/t10?,11-/m0/s1. The number of hydrogen-bond donors (Lipinski definition) is 1.